The van der Waals surface area contributed by atoms with E-state index in [-0.39, 0.29) is 0 Å². The Hall–Kier alpha value is -0.330. The molecule has 0 aliphatic heterocycles. The molecule has 2 fully saturated rings. The Morgan fingerprint density at radius 2 is 1.50 bits per heavy atom. The molecule has 0 N–H and O–H groups in total. The summed E-state index contributed by atoms with van der Waals surface area (Å²) >= 11 is 0. The maximum absolute atomic E-state index is 4.85. The number of hydrogen-bond acceptors (Lipinski definition) is 1. The Morgan fingerprint density at radius 3 is 2.17 bits per heavy atom. The van der Waals surface area contributed by atoms with E-state index >= 15 is 0 Å². The zero-order valence-corrected chi connectivity index (χ0v) is 7.89. The molecule has 0 aromatic rings. The summed E-state index contributed by atoms with van der Waals surface area (Å²) in [7, 11) is 0. The molecular formula is C11H19N. The zero-order chi connectivity index (χ0) is 8.23. The minimum absolute atomic E-state index is 0.715. The van der Waals surface area contributed by atoms with E-state index in [4.69, 9.17) is 4.99 Å². The lowest BCUT2D eigenvalue weighted by molar-refractivity contribution is 0.443. The highest BCUT2D eigenvalue weighted by molar-refractivity contribution is 5.86. The first kappa shape index (κ1) is 8.28. The number of hydrogen-bond donors (Lipinski definition) is 0. The molecule has 0 spiro atoms. The molecule has 0 aromatic heterocycles. The molecule has 0 atom stereocenters. The van der Waals surface area contributed by atoms with Crippen molar-refractivity contribution in [3.05, 3.63) is 0 Å². The van der Waals surface area contributed by atoms with Crippen molar-refractivity contribution in [2.45, 2.75) is 63.8 Å². The summed E-state index contributed by atoms with van der Waals surface area (Å²) in [5.74, 6) is 0. The highest BCUT2D eigenvalue weighted by Crippen LogP contribution is 2.23. The largest absolute Gasteiger partial charge is 0.291 e. The van der Waals surface area contributed by atoms with Crippen LogP contribution in [0.25, 0.3) is 0 Å². The van der Waals surface area contributed by atoms with Gasteiger partial charge in [-0.1, -0.05) is 19.3 Å². The second-order valence-electron chi connectivity index (χ2n) is 4.19. The van der Waals surface area contributed by atoms with Crippen LogP contribution in [0, 0.1) is 0 Å². The average Bonchev–Trinajstić information content (AvgIpc) is 2.59. The van der Waals surface area contributed by atoms with E-state index in [1.807, 2.05) is 0 Å². The lowest BCUT2D eigenvalue weighted by Gasteiger charge is -2.18. The molecular weight excluding hydrogens is 146 g/mol. The van der Waals surface area contributed by atoms with Crippen LogP contribution in [0.2, 0.25) is 0 Å². The van der Waals surface area contributed by atoms with Crippen LogP contribution >= 0.6 is 0 Å². The quantitative estimate of drug-likeness (QED) is 0.565. The van der Waals surface area contributed by atoms with Crippen LogP contribution in [0.1, 0.15) is 57.8 Å². The first-order valence-corrected chi connectivity index (χ1v) is 5.51. The van der Waals surface area contributed by atoms with Crippen molar-refractivity contribution < 1.29 is 0 Å². The summed E-state index contributed by atoms with van der Waals surface area (Å²) < 4.78 is 0. The van der Waals surface area contributed by atoms with Gasteiger partial charge >= 0.3 is 0 Å². The van der Waals surface area contributed by atoms with Gasteiger partial charge in [0.2, 0.25) is 0 Å². The van der Waals surface area contributed by atoms with Gasteiger partial charge in [0.15, 0.2) is 0 Å². The smallest absolute Gasteiger partial charge is 0.0499 e. The predicted octanol–water partition coefficient (Wildman–Crippen LogP) is 3.33. The van der Waals surface area contributed by atoms with Crippen molar-refractivity contribution in [3.63, 3.8) is 0 Å². The van der Waals surface area contributed by atoms with Gasteiger partial charge in [0.25, 0.3) is 0 Å². The first-order valence-electron chi connectivity index (χ1n) is 5.51. The highest BCUT2D eigenvalue weighted by Gasteiger charge is 2.14. The SMILES string of the molecule is C1CCC(N=C2CCCC2)CC1. The minimum atomic E-state index is 0.715. The molecule has 0 amide bonds. The van der Waals surface area contributed by atoms with Gasteiger partial charge in [0, 0.05) is 11.8 Å². The lowest BCUT2D eigenvalue weighted by atomic mass is 9.96. The predicted molar refractivity (Wildman–Crippen MR) is 52.8 cm³/mol. The second-order valence-corrected chi connectivity index (χ2v) is 4.19. The molecule has 12 heavy (non-hydrogen) atoms. The Morgan fingerprint density at radius 1 is 0.833 bits per heavy atom. The Kier molecular flexibility index (Phi) is 2.80. The standard InChI is InChI=1S/C11H19N/c1-2-6-10(7-3-1)12-11-8-4-5-9-11/h10H,1-9H2. The van der Waals surface area contributed by atoms with Gasteiger partial charge in [-0.15, -0.1) is 0 Å². The number of rotatable bonds is 1. The summed E-state index contributed by atoms with van der Waals surface area (Å²) in [5.41, 5.74) is 1.53. The third kappa shape index (κ3) is 2.09. The van der Waals surface area contributed by atoms with Gasteiger partial charge < -0.3 is 0 Å². The third-order valence-electron chi connectivity index (χ3n) is 3.12. The van der Waals surface area contributed by atoms with E-state index in [1.165, 1.54) is 63.5 Å². The minimum Gasteiger partial charge on any atom is -0.291 e. The Labute approximate surface area is 75.3 Å². The molecule has 2 saturated carbocycles. The molecule has 2 rings (SSSR count). The van der Waals surface area contributed by atoms with Crippen molar-refractivity contribution in [1.82, 2.24) is 0 Å². The molecule has 68 valence electrons. The van der Waals surface area contributed by atoms with Crippen LogP contribution < -0.4 is 0 Å². The fourth-order valence-corrected chi connectivity index (χ4v) is 2.38. The van der Waals surface area contributed by atoms with Crippen LogP contribution in [0.5, 0.6) is 0 Å². The molecule has 0 saturated heterocycles. The Balaban J connectivity index is 1.86. The van der Waals surface area contributed by atoms with Gasteiger partial charge in [-0.3, -0.25) is 4.99 Å². The average molecular weight is 165 g/mol. The van der Waals surface area contributed by atoms with Crippen molar-refractivity contribution in [1.29, 1.82) is 0 Å². The van der Waals surface area contributed by atoms with E-state index in [1.54, 1.807) is 0 Å². The molecule has 2 aliphatic rings. The van der Waals surface area contributed by atoms with Crippen LogP contribution in [0.15, 0.2) is 4.99 Å². The molecule has 0 radical (unpaired) electrons. The van der Waals surface area contributed by atoms with E-state index in [9.17, 15) is 0 Å². The van der Waals surface area contributed by atoms with Crippen LogP contribution in [-0.2, 0) is 0 Å². The maximum Gasteiger partial charge on any atom is 0.0499 e. The van der Waals surface area contributed by atoms with Gasteiger partial charge in [-0.25, -0.2) is 0 Å². The lowest BCUT2D eigenvalue weighted by Crippen LogP contribution is -2.11. The monoisotopic (exact) mass is 165 g/mol. The Bertz CT molecular complexity index is 158. The van der Waals surface area contributed by atoms with Gasteiger partial charge in [-0.2, -0.15) is 0 Å². The van der Waals surface area contributed by atoms with E-state index < -0.39 is 0 Å². The summed E-state index contributed by atoms with van der Waals surface area (Å²) in [6.45, 7) is 0. The molecule has 2 aliphatic carbocycles. The summed E-state index contributed by atoms with van der Waals surface area (Å²) in [6.07, 6.45) is 12.4. The van der Waals surface area contributed by atoms with Crippen molar-refractivity contribution in [2.24, 2.45) is 4.99 Å². The summed E-state index contributed by atoms with van der Waals surface area (Å²) in [4.78, 5) is 4.85. The zero-order valence-electron chi connectivity index (χ0n) is 7.89. The number of aliphatic imine (C=N–C) groups is 1. The molecule has 0 heterocycles. The molecule has 0 aromatic carbocycles. The second kappa shape index (κ2) is 4.06. The fraction of sp³-hybridized carbons (Fsp3) is 0.909. The number of nitrogens with zero attached hydrogens (tertiary/aromatic N) is 1. The third-order valence-corrected chi connectivity index (χ3v) is 3.12. The topological polar surface area (TPSA) is 12.4 Å². The summed E-state index contributed by atoms with van der Waals surface area (Å²) in [6, 6.07) is 0.715. The highest BCUT2D eigenvalue weighted by atomic mass is 14.8. The van der Waals surface area contributed by atoms with E-state index in [0.29, 0.717) is 6.04 Å². The molecule has 0 unspecified atom stereocenters. The van der Waals surface area contributed by atoms with E-state index in [0.717, 1.165) is 0 Å². The maximum atomic E-state index is 4.85. The fourth-order valence-electron chi connectivity index (χ4n) is 2.38. The normalized spacial score (nSPS) is 26.2. The van der Waals surface area contributed by atoms with Crippen LogP contribution in [0.3, 0.4) is 0 Å². The molecule has 1 nitrogen and oxygen atoms in total. The van der Waals surface area contributed by atoms with Gasteiger partial charge in [0.05, 0.1) is 0 Å². The van der Waals surface area contributed by atoms with Gasteiger partial charge in [0.1, 0.15) is 0 Å². The van der Waals surface area contributed by atoms with Crippen molar-refractivity contribution >= 4 is 5.71 Å². The summed E-state index contributed by atoms with van der Waals surface area (Å²) in [5, 5.41) is 0. The van der Waals surface area contributed by atoms with Crippen molar-refractivity contribution in [3.8, 4) is 0 Å². The molecule has 1 heteroatoms. The van der Waals surface area contributed by atoms with Crippen LogP contribution in [0.4, 0.5) is 0 Å². The molecule has 0 bridgehead atoms. The van der Waals surface area contributed by atoms with Crippen LogP contribution in [-0.4, -0.2) is 11.8 Å². The van der Waals surface area contributed by atoms with Gasteiger partial charge in [-0.05, 0) is 38.5 Å². The van der Waals surface area contributed by atoms with E-state index in [2.05, 4.69) is 0 Å². The van der Waals surface area contributed by atoms with Crippen molar-refractivity contribution in [2.75, 3.05) is 0 Å². The first-order chi connectivity index (χ1) is 5.95.